The van der Waals surface area contributed by atoms with Gasteiger partial charge in [0, 0.05) is 35.6 Å². The predicted molar refractivity (Wildman–Crippen MR) is 115 cm³/mol. The van der Waals surface area contributed by atoms with Crippen molar-refractivity contribution in [2.75, 3.05) is 16.8 Å². The fourth-order valence-electron chi connectivity index (χ4n) is 3.65. The van der Waals surface area contributed by atoms with E-state index in [4.69, 9.17) is 0 Å². The van der Waals surface area contributed by atoms with E-state index in [9.17, 15) is 9.59 Å². The number of benzene rings is 2. The Bertz CT molecular complexity index is 859. The molecule has 140 valence electrons. The first-order chi connectivity index (χ1) is 13.2. The first kappa shape index (κ1) is 18.6. The molecule has 0 spiro atoms. The lowest BCUT2D eigenvalue weighted by Gasteiger charge is -2.11. The third kappa shape index (κ3) is 4.58. The minimum Gasteiger partial charge on any atom is -0.326 e. The maximum atomic E-state index is 12.4. The van der Waals surface area contributed by atoms with Crippen molar-refractivity contribution in [2.24, 2.45) is 0 Å². The van der Waals surface area contributed by atoms with Crippen molar-refractivity contribution in [3.05, 3.63) is 64.7 Å². The highest BCUT2D eigenvalue weighted by atomic mass is 32.2. The Morgan fingerprint density at radius 1 is 0.963 bits per heavy atom. The normalized spacial score (nSPS) is 16.3. The number of hydrogen-bond acceptors (Lipinski definition) is 4. The fourth-order valence-corrected chi connectivity index (χ4v) is 6.49. The van der Waals surface area contributed by atoms with Crippen molar-refractivity contribution in [2.45, 2.75) is 36.7 Å². The summed E-state index contributed by atoms with van der Waals surface area (Å²) in [6.07, 6.45) is 3.81. The quantitative estimate of drug-likeness (QED) is 0.676. The third-order valence-electron chi connectivity index (χ3n) is 5.06. The summed E-state index contributed by atoms with van der Waals surface area (Å²) in [7, 11) is 0. The van der Waals surface area contributed by atoms with Crippen LogP contribution in [0, 0.1) is 0 Å². The zero-order chi connectivity index (χ0) is 18.6. The van der Waals surface area contributed by atoms with Gasteiger partial charge in [0.15, 0.2) is 5.78 Å². The van der Waals surface area contributed by atoms with Crippen LogP contribution >= 0.6 is 23.5 Å². The second kappa shape index (κ2) is 8.53. The molecule has 0 aromatic heterocycles. The summed E-state index contributed by atoms with van der Waals surface area (Å²) >= 11 is 3.90. The Morgan fingerprint density at radius 3 is 2.63 bits per heavy atom. The molecule has 0 atom stereocenters. The van der Waals surface area contributed by atoms with E-state index in [1.54, 1.807) is 0 Å². The topological polar surface area (TPSA) is 46.2 Å². The Morgan fingerprint density at radius 2 is 1.78 bits per heavy atom. The number of aryl methyl sites for hydroxylation is 2. The molecule has 3 nitrogen and oxygen atoms in total. The number of hydrogen-bond donors (Lipinski definition) is 1. The molecule has 27 heavy (non-hydrogen) atoms. The first-order valence-electron chi connectivity index (χ1n) is 9.47. The summed E-state index contributed by atoms with van der Waals surface area (Å²) in [4.78, 5) is 24.7. The summed E-state index contributed by atoms with van der Waals surface area (Å²) in [5.41, 5.74) is 5.46. The van der Waals surface area contributed by atoms with Crippen molar-refractivity contribution in [1.29, 1.82) is 0 Å². The Hall–Kier alpha value is -1.72. The maximum absolute atomic E-state index is 12.4. The molecule has 5 heteroatoms. The summed E-state index contributed by atoms with van der Waals surface area (Å²) in [6, 6.07) is 14.1. The van der Waals surface area contributed by atoms with E-state index in [2.05, 4.69) is 23.5 Å². The van der Waals surface area contributed by atoms with Crippen LogP contribution in [0.15, 0.2) is 42.5 Å². The smallest absolute Gasteiger partial charge is 0.224 e. The van der Waals surface area contributed by atoms with Gasteiger partial charge in [-0.05, 0) is 54.2 Å². The van der Waals surface area contributed by atoms with Crippen LogP contribution in [-0.4, -0.2) is 23.2 Å². The van der Waals surface area contributed by atoms with Crippen molar-refractivity contribution in [3.8, 4) is 0 Å². The average Bonchev–Trinajstić information content (AvgIpc) is 3.37. The molecule has 0 bridgehead atoms. The van der Waals surface area contributed by atoms with Gasteiger partial charge in [-0.15, -0.1) is 23.5 Å². The highest BCUT2D eigenvalue weighted by Gasteiger charge is 2.19. The number of carbonyl (C=O) groups is 2. The van der Waals surface area contributed by atoms with Crippen molar-refractivity contribution < 1.29 is 9.59 Å². The minimum atomic E-state index is -0.103. The lowest BCUT2D eigenvalue weighted by Crippen LogP contribution is -2.13. The predicted octanol–water partition coefficient (Wildman–Crippen LogP) is 5.26. The molecular weight excluding hydrogens is 374 g/mol. The molecule has 0 saturated carbocycles. The number of carbonyl (C=O) groups excluding carboxylic acids is 2. The maximum Gasteiger partial charge on any atom is 0.224 e. The van der Waals surface area contributed by atoms with E-state index < -0.39 is 0 Å². The molecule has 1 fully saturated rings. The second-order valence-electron chi connectivity index (χ2n) is 7.01. The number of nitrogens with one attached hydrogen (secondary N) is 1. The van der Waals surface area contributed by atoms with Gasteiger partial charge in [0.2, 0.25) is 5.91 Å². The SMILES string of the molecule is O=C(CCC(=O)c1ccc2c(c1)CCC2)Nc1cccc(C2SCCS2)c1. The van der Waals surface area contributed by atoms with Crippen LogP contribution in [0.1, 0.15) is 50.9 Å². The number of fused-ring (bicyclic) bond motifs is 1. The third-order valence-corrected chi connectivity index (χ3v) is 8.17. The van der Waals surface area contributed by atoms with Gasteiger partial charge in [-0.1, -0.05) is 24.3 Å². The van der Waals surface area contributed by atoms with Gasteiger partial charge >= 0.3 is 0 Å². The van der Waals surface area contributed by atoms with E-state index in [0.717, 1.165) is 24.1 Å². The summed E-state index contributed by atoms with van der Waals surface area (Å²) < 4.78 is 0.461. The molecule has 1 aliphatic carbocycles. The monoisotopic (exact) mass is 397 g/mol. The molecule has 1 heterocycles. The second-order valence-corrected chi connectivity index (χ2v) is 9.73. The van der Waals surface area contributed by atoms with E-state index in [-0.39, 0.29) is 24.5 Å². The lowest BCUT2D eigenvalue weighted by molar-refractivity contribution is -0.116. The lowest BCUT2D eigenvalue weighted by atomic mass is 10.0. The van der Waals surface area contributed by atoms with E-state index >= 15 is 0 Å². The molecule has 2 aromatic rings. The van der Waals surface area contributed by atoms with E-state index in [1.807, 2.05) is 47.8 Å². The minimum absolute atomic E-state index is 0.0485. The molecule has 1 saturated heterocycles. The zero-order valence-electron chi connectivity index (χ0n) is 15.2. The van der Waals surface area contributed by atoms with E-state index in [0.29, 0.717) is 4.58 Å². The Kier molecular flexibility index (Phi) is 5.89. The summed E-state index contributed by atoms with van der Waals surface area (Å²) in [6.45, 7) is 0. The Balaban J connectivity index is 1.32. The van der Waals surface area contributed by atoms with Crippen molar-refractivity contribution in [3.63, 3.8) is 0 Å². The van der Waals surface area contributed by atoms with E-state index in [1.165, 1.54) is 34.6 Å². The molecule has 2 aliphatic rings. The van der Waals surface area contributed by atoms with Crippen LogP contribution in [0.25, 0.3) is 0 Å². The zero-order valence-corrected chi connectivity index (χ0v) is 16.8. The van der Waals surface area contributed by atoms with Gasteiger partial charge in [0.05, 0.1) is 4.58 Å². The van der Waals surface area contributed by atoms with Crippen LogP contribution in [0.3, 0.4) is 0 Å². The molecule has 0 unspecified atom stereocenters. The largest absolute Gasteiger partial charge is 0.326 e. The molecule has 4 rings (SSSR count). The number of rotatable bonds is 6. The average molecular weight is 398 g/mol. The van der Waals surface area contributed by atoms with Gasteiger partial charge in [0.1, 0.15) is 0 Å². The van der Waals surface area contributed by atoms with Crippen LogP contribution in [0.5, 0.6) is 0 Å². The highest BCUT2D eigenvalue weighted by molar-refractivity contribution is 8.19. The number of ketones is 1. The van der Waals surface area contributed by atoms with Crippen LogP contribution < -0.4 is 5.32 Å². The van der Waals surface area contributed by atoms with Gasteiger partial charge in [0.25, 0.3) is 0 Å². The standard InChI is InChI=1S/C22H23NO2S2/c24-20(17-8-7-15-3-1-4-16(15)13-17)9-10-21(25)23-19-6-2-5-18(14-19)22-26-11-12-27-22/h2,5-8,13-14,22H,1,3-4,9-12H2,(H,23,25). The van der Waals surface area contributed by atoms with Crippen LogP contribution in [-0.2, 0) is 17.6 Å². The fraction of sp³-hybridized carbons (Fsp3) is 0.364. The summed E-state index contributed by atoms with van der Waals surface area (Å²) in [5, 5.41) is 2.94. The highest BCUT2D eigenvalue weighted by Crippen LogP contribution is 2.45. The van der Waals surface area contributed by atoms with Gasteiger partial charge in [-0.3, -0.25) is 9.59 Å². The summed E-state index contributed by atoms with van der Waals surface area (Å²) in [5.74, 6) is 2.30. The molecule has 1 amide bonds. The van der Waals surface area contributed by atoms with Crippen LogP contribution in [0.4, 0.5) is 5.69 Å². The molecule has 0 radical (unpaired) electrons. The number of anilines is 1. The Labute approximate surface area is 168 Å². The molecule has 1 N–H and O–H groups in total. The van der Waals surface area contributed by atoms with Gasteiger partial charge < -0.3 is 5.32 Å². The molecule has 1 aliphatic heterocycles. The van der Waals surface area contributed by atoms with Crippen molar-refractivity contribution >= 4 is 40.9 Å². The van der Waals surface area contributed by atoms with Crippen molar-refractivity contribution in [1.82, 2.24) is 0 Å². The first-order valence-corrected chi connectivity index (χ1v) is 11.6. The number of Topliss-reactive ketones (excluding diaryl/α,β-unsaturated/α-hetero) is 1. The molecular formula is C22H23NO2S2. The van der Waals surface area contributed by atoms with Gasteiger partial charge in [-0.25, -0.2) is 0 Å². The molecule has 2 aromatic carbocycles. The van der Waals surface area contributed by atoms with Gasteiger partial charge in [-0.2, -0.15) is 0 Å². The number of thioether (sulfide) groups is 2. The number of amides is 1. The van der Waals surface area contributed by atoms with Crippen LogP contribution in [0.2, 0.25) is 0 Å².